The van der Waals surface area contributed by atoms with Crippen LogP contribution in [0.3, 0.4) is 0 Å². The number of hydrogen-bond acceptors (Lipinski definition) is 2. The maximum atomic E-state index is 10.8. The summed E-state index contributed by atoms with van der Waals surface area (Å²) >= 11 is 5.76. The molecule has 73 valence electrons. The molecule has 1 atom stereocenters. The second kappa shape index (κ2) is 3.98. The van der Waals surface area contributed by atoms with E-state index >= 15 is 0 Å². The Hall–Kier alpha value is -1.06. The molecule has 1 radical (unpaired) electrons. The number of nitrogens with zero attached hydrogens (tertiary/aromatic N) is 1. The maximum absolute atomic E-state index is 10.8. The monoisotopic (exact) mass is 210 g/mol. The number of hydrogen-bond donors (Lipinski definition) is 0. The van der Waals surface area contributed by atoms with Crippen LogP contribution in [0.25, 0.3) is 0 Å². The van der Waals surface area contributed by atoms with Gasteiger partial charge in [-0.2, -0.15) is 0 Å². The van der Waals surface area contributed by atoms with Crippen LogP contribution in [-0.4, -0.2) is 19.1 Å². The van der Waals surface area contributed by atoms with E-state index in [2.05, 4.69) is 5.32 Å². The van der Waals surface area contributed by atoms with Crippen LogP contribution in [-0.2, 0) is 9.53 Å². The van der Waals surface area contributed by atoms with E-state index in [1.165, 1.54) is 0 Å². The van der Waals surface area contributed by atoms with Crippen LogP contribution in [0.2, 0.25) is 5.02 Å². The average Bonchev–Trinajstić information content (AvgIpc) is 2.21. The van der Waals surface area contributed by atoms with Crippen LogP contribution in [0.5, 0.6) is 0 Å². The third-order valence-corrected chi connectivity index (χ3v) is 2.34. The maximum Gasteiger partial charge on any atom is 0.267 e. The number of amides is 1. The van der Waals surface area contributed by atoms with E-state index in [0.29, 0.717) is 11.6 Å². The molecular weight excluding hydrogens is 202 g/mol. The molecule has 1 aliphatic heterocycles. The first kappa shape index (κ1) is 9.49. The van der Waals surface area contributed by atoms with Crippen LogP contribution in [0.4, 0.5) is 0 Å². The largest absolute Gasteiger partial charge is 0.362 e. The molecule has 3 nitrogen and oxygen atoms in total. The molecule has 1 aromatic rings. The van der Waals surface area contributed by atoms with Gasteiger partial charge in [-0.15, -0.1) is 0 Å². The Morgan fingerprint density at radius 3 is 2.64 bits per heavy atom. The lowest BCUT2D eigenvalue weighted by Crippen LogP contribution is -2.33. The SMILES string of the molecule is O=C1COC(c2ccc(Cl)cc2)C[N]1. The van der Waals surface area contributed by atoms with Crippen molar-refractivity contribution in [1.29, 1.82) is 0 Å². The minimum atomic E-state index is -0.185. The van der Waals surface area contributed by atoms with E-state index in [4.69, 9.17) is 16.3 Å². The van der Waals surface area contributed by atoms with Crippen molar-refractivity contribution >= 4 is 17.5 Å². The van der Waals surface area contributed by atoms with Gasteiger partial charge >= 0.3 is 0 Å². The van der Waals surface area contributed by atoms with Gasteiger partial charge in [-0.05, 0) is 17.7 Å². The molecule has 2 rings (SSSR count). The number of rotatable bonds is 1. The minimum absolute atomic E-state index is 0.0767. The number of ether oxygens (including phenoxy) is 1. The Bertz CT molecular complexity index is 326. The first-order valence-corrected chi connectivity index (χ1v) is 4.71. The van der Waals surface area contributed by atoms with Gasteiger partial charge in [0.15, 0.2) is 0 Å². The zero-order chi connectivity index (χ0) is 9.97. The Balaban J connectivity index is 2.08. The summed E-state index contributed by atoms with van der Waals surface area (Å²) in [5.41, 5.74) is 1.01. The van der Waals surface area contributed by atoms with Gasteiger partial charge in [-0.1, -0.05) is 23.7 Å². The Kier molecular flexibility index (Phi) is 2.70. The van der Waals surface area contributed by atoms with E-state index in [1.807, 2.05) is 12.1 Å². The average molecular weight is 211 g/mol. The minimum Gasteiger partial charge on any atom is -0.362 e. The lowest BCUT2D eigenvalue weighted by Gasteiger charge is -2.21. The van der Waals surface area contributed by atoms with Crippen molar-refractivity contribution in [3.05, 3.63) is 34.9 Å². The fraction of sp³-hybridized carbons (Fsp3) is 0.300. The smallest absolute Gasteiger partial charge is 0.267 e. The Morgan fingerprint density at radius 1 is 1.36 bits per heavy atom. The standard InChI is InChI=1S/C10H9ClNO2/c11-8-3-1-7(2-4-8)9-5-12-10(13)6-14-9/h1-4,9H,5-6H2. The highest BCUT2D eigenvalue weighted by molar-refractivity contribution is 6.30. The molecule has 1 aromatic carbocycles. The van der Waals surface area contributed by atoms with Gasteiger partial charge in [0.2, 0.25) is 0 Å². The number of carbonyl (C=O) groups excluding carboxylic acids is 1. The second-order valence-electron chi connectivity index (χ2n) is 3.09. The topological polar surface area (TPSA) is 40.4 Å². The predicted octanol–water partition coefficient (Wildman–Crippen LogP) is 1.54. The predicted molar refractivity (Wildman–Crippen MR) is 52.2 cm³/mol. The molecule has 1 amide bonds. The summed E-state index contributed by atoms with van der Waals surface area (Å²) in [5.74, 6) is -0.185. The number of benzene rings is 1. The summed E-state index contributed by atoms with van der Waals surface area (Å²) < 4.78 is 5.33. The van der Waals surface area contributed by atoms with Gasteiger partial charge < -0.3 is 4.74 Å². The van der Waals surface area contributed by atoms with Gasteiger partial charge in [0.1, 0.15) is 12.7 Å². The molecule has 1 unspecified atom stereocenters. The molecule has 0 N–H and O–H groups in total. The second-order valence-corrected chi connectivity index (χ2v) is 3.52. The quantitative estimate of drug-likeness (QED) is 0.706. The van der Waals surface area contributed by atoms with Gasteiger partial charge in [0.25, 0.3) is 5.91 Å². The molecule has 0 aromatic heterocycles. The molecule has 0 aliphatic carbocycles. The lowest BCUT2D eigenvalue weighted by atomic mass is 10.1. The molecular formula is C10H9ClNO2. The zero-order valence-electron chi connectivity index (χ0n) is 7.44. The van der Waals surface area contributed by atoms with Crippen LogP contribution in [0.1, 0.15) is 11.7 Å². The summed E-state index contributed by atoms with van der Waals surface area (Å²) in [6.45, 7) is 0.480. The van der Waals surface area contributed by atoms with Crippen molar-refractivity contribution in [1.82, 2.24) is 5.32 Å². The summed E-state index contributed by atoms with van der Waals surface area (Å²) in [6.07, 6.45) is -0.107. The third-order valence-electron chi connectivity index (χ3n) is 2.08. The lowest BCUT2D eigenvalue weighted by molar-refractivity contribution is -0.133. The highest BCUT2D eigenvalue weighted by atomic mass is 35.5. The normalized spacial score (nSPS) is 21.8. The molecule has 14 heavy (non-hydrogen) atoms. The summed E-state index contributed by atoms with van der Waals surface area (Å²) in [4.78, 5) is 10.8. The first-order valence-electron chi connectivity index (χ1n) is 4.33. The van der Waals surface area contributed by atoms with Gasteiger partial charge in [-0.25, -0.2) is 5.32 Å². The number of carbonyl (C=O) groups is 1. The van der Waals surface area contributed by atoms with Gasteiger partial charge in [-0.3, -0.25) is 4.79 Å². The van der Waals surface area contributed by atoms with E-state index in [0.717, 1.165) is 5.56 Å². The van der Waals surface area contributed by atoms with Crippen LogP contribution in [0, 0.1) is 0 Å². The number of halogens is 1. The Labute approximate surface area is 87.0 Å². The molecule has 1 aliphatic rings. The molecule has 1 fully saturated rings. The van der Waals surface area contributed by atoms with Gasteiger partial charge in [0.05, 0.1) is 6.54 Å². The van der Waals surface area contributed by atoms with Gasteiger partial charge in [0, 0.05) is 5.02 Å². The highest BCUT2D eigenvalue weighted by Crippen LogP contribution is 2.21. The fourth-order valence-electron chi connectivity index (χ4n) is 1.33. The molecule has 0 spiro atoms. The van der Waals surface area contributed by atoms with E-state index in [1.54, 1.807) is 12.1 Å². The summed E-state index contributed by atoms with van der Waals surface area (Å²) in [7, 11) is 0. The van der Waals surface area contributed by atoms with Crippen molar-refractivity contribution in [2.24, 2.45) is 0 Å². The van der Waals surface area contributed by atoms with Crippen molar-refractivity contribution in [3.8, 4) is 0 Å². The van der Waals surface area contributed by atoms with Crippen LogP contribution >= 0.6 is 11.6 Å². The zero-order valence-corrected chi connectivity index (χ0v) is 8.20. The number of morpholine rings is 1. The molecule has 0 saturated carbocycles. The third kappa shape index (κ3) is 2.05. The molecule has 1 heterocycles. The molecule has 0 bridgehead atoms. The van der Waals surface area contributed by atoms with E-state index < -0.39 is 0 Å². The fourth-order valence-corrected chi connectivity index (χ4v) is 1.46. The van der Waals surface area contributed by atoms with E-state index in [9.17, 15) is 4.79 Å². The summed E-state index contributed by atoms with van der Waals surface area (Å²) in [5, 5.41) is 4.51. The van der Waals surface area contributed by atoms with Crippen molar-refractivity contribution in [2.45, 2.75) is 6.10 Å². The first-order chi connectivity index (χ1) is 6.75. The van der Waals surface area contributed by atoms with Crippen molar-refractivity contribution in [2.75, 3.05) is 13.2 Å². The molecule has 4 heteroatoms. The van der Waals surface area contributed by atoms with Crippen LogP contribution < -0.4 is 5.32 Å². The van der Waals surface area contributed by atoms with Crippen LogP contribution in [0.15, 0.2) is 24.3 Å². The summed E-state index contributed by atoms with van der Waals surface area (Å²) in [6, 6.07) is 7.38. The Morgan fingerprint density at radius 2 is 2.07 bits per heavy atom. The van der Waals surface area contributed by atoms with Crippen molar-refractivity contribution in [3.63, 3.8) is 0 Å². The van der Waals surface area contributed by atoms with E-state index in [-0.39, 0.29) is 18.6 Å². The highest BCUT2D eigenvalue weighted by Gasteiger charge is 2.21. The van der Waals surface area contributed by atoms with Crippen molar-refractivity contribution < 1.29 is 9.53 Å². The molecule has 1 saturated heterocycles.